The number of aromatic carboxylic acids is 1. The zero-order chi connectivity index (χ0) is 16.4. The van der Waals surface area contributed by atoms with Crippen molar-refractivity contribution >= 4 is 17.6 Å². The highest BCUT2D eigenvalue weighted by Gasteiger charge is 2.11. The third-order valence-electron chi connectivity index (χ3n) is 3.35. The van der Waals surface area contributed by atoms with Crippen molar-refractivity contribution in [1.29, 1.82) is 0 Å². The average molecular weight is 328 g/mol. The summed E-state index contributed by atoms with van der Waals surface area (Å²) in [7, 11) is 0. The van der Waals surface area contributed by atoms with Crippen LogP contribution in [0.25, 0.3) is 22.5 Å². The fraction of sp³-hybridized carbons (Fsp3) is 0. The van der Waals surface area contributed by atoms with Crippen molar-refractivity contribution in [2.45, 2.75) is 0 Å². The van der Waals surface area contributed by atoms with Gasteiger partial charge in [0.25, 0.3) is 0 Å². The van der Waals surface area contributed by atoms with E-state index in [0.29, 0.717) is 22.0 Å². The van der Waals surface area contributed by atoms with Gasteiger partial charge >= 0.3 is 5.97 Å². The van der Waals surface area contributed by atoms with Crippen LogP contribution in [0.5, 0.6) is 0 Å². The number of halogens is 2. The van der Waals surface area contributed by atoms with E-state index in [1.807, 2.05) is 0 Å². The molecule has 0 atom stereocenters. The Morgan fingerprint density at radius 1 is 0.913 bits per heavy atom. The molecule has 0 radical (unpaired) electrons. The molecule has 3 rings (SSSR count). The molecule has 2 aromatic carbocycles. The van der Waals surface area contributed by atoms with E-state index in [4.69, 9.17) is 11.6 Å². The van der Waals surface area contributed by atoms with Gasteiger partial charge in [-0.3, -0.25) is 0 Å². The van der Waals surface area contributed by atoms with Gasteiger partial charge in [-0.25, -0.2) is 14.2 Å². The lowest BCUT2D eigenvalue weighted by Gasteiger charge is -2.08. The van der Waals surface area contributed by atoms with E-state index in [1.165, 1.54) is 24.3 Å². The molecule has 1 aromatic heterocycles. The summed E-state index contributed by atoms with van der Waals surface area (Å²) in [6, 6.07) is 15.7. The first-order valence-corrected chi connectivity index (χ1v) is 7.18. The minimum absolute atomic E-state index is 0.115. The number of hydrogen-bond acceptors (Lipinski definition) is 2. The van der Waals surface area contributed by atoms with Crippen LogP contribution in [-0.2, 0) is 0 Å². The first-order chi connectivity index (χ1) is 11.0. The normalized spacial score (nSPS) is 10.5. The van der Waals surface area contributed by atoms with Crippen LogP contribution >= 0.6 is 11.6 Å². The van der Waals surface area contributed by atoms with E-state index in [2.05, 4.69) is 4.98 Å². The average Bonchev–Trinajstić information content (AvgIpc) is 2.55. The minimum atomic E-state index is -1.05. The zero-order valence-corrected chi connectivity index (χ0v) is 12.6. The Balaban J connectivity index is 2.15. The standard InChI is InChI=1S/C18H11ClFNO2/c19-14-5-1-11(2-6-14)16-9-13(18(22)23)10-17(21-16)12-3-7-15(20)8-4-12/h1-10H,(H,22,23). The molecule has 5 heteroatoms. The maximum Gasteiger partial charge on any atom is 0.335 e. The van der Waals surface area contributed by atoms with Gasteiger partial charge in [-0.2, -0.15) is 0 Å². The summed E-state index contributed by atoms with van der Waals surface area (Å²) in [5.41, 5.74) is 2.49. The van der Waals surface area contributed by atoms with Gasteiger partial charge in [0.05, 0.1) is 17.0 Å². The van der Waals surface area contributed by atoms with Crippen molar-refractivity contribution in [3.05, 3.63) is 77.1 Å². The van der Waals surface area contributed by atoms with Gasteiger partial charge in [-0.05, 0) is 48.5 Å². The molecule has 114 valence electrons. The highest BCUT2D eigenvalue weighted by Crippen LogP contribution is 2.26. The molecule has 0 fully saturated rings. The Kier molecular flexibility index (Phi) is 4.08. The highest BCUT2D eigenvalue weighted by molar-refractivity contribution is 6.30. The number of aromatic nitrogens is 1. The van der Waals surface area contributed by atoms with Gasteiger partial charge in [0.1, 0.15) is 5.82 Å². The number of carbonyl (C=O) groups is 1. The molecular formula is C18H11ClFNO2. The summed E-state index contributed by atoms with van der Waals surface area (Å²) in [4.78, 5) is 15.9. The van der Waals surface area contributed by atoms with Crippen molar-refractivity contribution < 1.29 is 14.3 Å². The van der Waals surface area contributed by atoms with Crippen LogP contribution in [0.15, 0.2) is 60.7 Å². The van der Waals surface area contributed by atoms with E-state index in [9.17, 15) is 14.3 Å². The molecule has 3 aromatic rings. The Bertz CT molecular complexity index is 797. The molecule has 23 heavy (non-hydrogen) atoms. The number of rotatable bonds is 3. The first kappa shape index (κ1) is 15.2. The van der Waals surface area contributed by atoms with Crippen LogP contribution < -0.4 is 0 Å². The maximum atomic E-state index is 13.1. The third kappa shape index (κ3) is 3.38. The van der Waals surface area contributed by atoms with E-state index in [-0.39, 0.29) is 11.4 Å². The van der Waals surface area contributed by atoms with Crippen molar-refractivity contribution in [2.75, 3.05) is 0 Å². The minimum Gasteiger partial charge on any atom is -0.478 e. The van der Waals surface area contributed by atoms with Gasteiger partial charge in [0, 0.05) is 16.1 Å². The third-order valence-corrected chi connectivity index (χ3v) is 3.60. The van der Waals surface area contributed by atoms with E-state index < -0.39 is 5.97 Å². The summed E-state index contributed by atoms with van der Waals surface area (Å²) in [5.74, 6) is -1.41. The molecule has 1 N–H and O–H groups in total. The number of nitrogens with zero attached hydrogens (tertiary/aromatic N) is 1. The predicted molar refractivity (Wildman–Crippen MR) is 87.0 cm³/mol. The molecule has 0 aliphatic rings. The van der Waals surface area contributed by atoms with Crippen LogP contribution in [0.3, 0.4) is 0 Å². The second-order valence-electron chi connectivity index (χ2n) is 4.95. The van der Waals surface area contributed by atoms with Gasteiger partial charge in [0.2, 0.25) is 0 Å². The number of carboxylic acid groups (broad SMARTS) is 1. The highest BCUT2D eigenvalue weighted by atomic mass is 35.5. The summed E-state index contributed by atoms with van der Waals surface area (Å²) in [6.07, 6.45) is 0. The van der Waals surface area contributed by atoms with E-state index in [1.54, 1.807) is 36.4 Å². The lowest BCUT2D eigenvalue weighted by molar-refractivity contribution is 0.0697. The first-order valence-electron chi connectivity index (χ1n) is 6.80. The Labute approximate surface area is 137 Å². The molecule has 3 nitrogen and oxygen atoms in total. The lowest BCUT2D eigenvalue weighted by Crippen LogP contribution is -2.00. The molecular weight excluding hydrogens is 317 g/mol. The van der Waals surface area contributed by atoms with Crippen LogP contribution in [0, 0.1) is 5.82 Å². The van der Waals surface area contributed by atoms with Crippen molar-refractivity contribution in [2.24, 2.45) is 0 Å². The molecule has 0 aliphatic heterocycles. The summed E-state index contributed by atoms with van der Waals surface area (Å²) >= 11 is 5.87. The smallest absolute Gasteiger partial charge is 0.335 e. The summed E-state index contributed by atoms with van der Waals surface area (Å²) < 4.78 is 13.1. The van der Waals surface area contributed by atoms with Gasteiger partial charge in [0.15, 0.2) is 0 Å². The summed E-state index contributed by atoms with van der Waals surface area (Å²) in [6.45, 7) is 0. The largest absolute Gasteiger partial charge is 0.478 e. The monoisotopic (exact) mass is 327 g/mol. The van der Waals surface area contributed by atoms with E-state index >= 15 is 0 Å². The zero-order valence-electron chi connectivity index (χ0n) is 11.8. The molecule has 0 unspecified atom stereocenters. The lowest BCUT2D eigenvalue weighted by atomic mass is 10.0. The summed E-state index contributed by atoms with van der Waals surface area (Å²) in [5, 5.41) is 9.89. The number of carboxylic acids is 1. The van der Waals surface area contributed by atoms with Crippen molar-refractivity contribution in [1.82, 2.24) is 4.98 Å². The van der Waals surface area contributed by atoms with E-state index in [0.717, 1.165) is 5.56 Å². The van der Waals surface area contributed by atoms with Crippen LogP contribution in [-0.4, -0.2) is 16.1 Å². The molecule has 0 saturated heterocycles. The van der Waals surface area contributed by atoms with Crippen molar-refractivity contribution in [3.63, 3.8) is 0 Å². The predicted octanol–water partition coefficient (Wildman–Crippen LogP) is 4.91. The van der Waals surface area contributed by atoms with Crippen LogP contribution in [0.2, 0.25) is 5.02 Å². The molecule has 0 amide bonds. The number of pyridine rings is 1. The van der Waals surface area contributed by atoms with Crippen molar-refractivity contribution in [3.8, 4) is 22.5 Å². The van der Waals surface area contributed by atoms with Gasteiger partial charge in [-0.15, -0.1) is 0 Å². The van der Waals surface area contributed by atoms with Gasteiger partial charge in [-0.1, -0.05) is 23.7 Å². The fourth-order valence-electron chi connectivity index (χ4n) is 2.19. The number of hydrogen-bond donors (Lipinski definition) is 1. The van der Waals surface area contributed by atoms with Crippen LogP contribution in [0.4, 0.5) is 4.39 Å². The maximum absolute atomic E-state index is 13.1. The molecule has 0 bridgehead atoms. The molecule has 0 aliphatic carbocycles. The molecule has 1 heterocycles. The molecule has 0 saturated carbocycles. The quantitative estimate of drug-likeness (QED) is 0.744. The SMILES string of the molecule is O=C(O)c1cc(-c2ccc(F)cc2)nc(-c2ccc(Cl)cc2)c1. The fourth-order valence-corrected chi connectivity index (χ4v) is 2.32. The number of benzene rings is 2. The van der Waals surface area contributed by atoms with Crippen LogP contribution in [0.1, 0.15) is 10.4 Å². The Morgan fingerprint density at radius 3 is 1.87 bits per heavy atom. The molecule has 0 spiro atoms. The second kappa shape index (κ2) is 6.18. The topological polar surface area (TPSA) is 50.2 Å². The second-order valence-corrected chi connectivity index (χ2v) is 5.38. The Hall–Kier alpha value is -2.72. The Morgan fingerprint density at radius 2 is 1.39 bits per heavy atom. The van der Waals surface area contributed by atoms with Gasteiger partial charge < -0.3 is 5.11 Å².